The van der Waals surface area contributed by atoms with Crippen molar-refractivity contribution in [3.05, 3.63) is 174 Å². The lowest BCUT2D eigenvalue weighted by Crippen LogP contribution is -2.10. The molecule has 178 valence electrons. The summed E-state index contributed by atoms with van der Waals surface area (Å²) in [6, 6.07) is 47.3. The van der Waals surface area contributed by atoms with Crippen molar-refractivity contribution >= 4 is 35.4 Å². The molecule has 0 saturated carbocycles. The lowest BCUT2D eigenvalue weighted by atomic mass is 9.98. The molecule has 0 unspecified atom stereocenters. The molecule has 2 heteroatoms. The Balaban J connectivity index is 1.57. The summed E-state index contributed by atoms with van der Waals surface area (Å²) in [6.07, 6.45) is 7.29. The van der Waals surface area contributed by atoms with Gasteiger partial charge in [0, 0.05) is 28.7 Å². The van der Waals surface area contributed by atoms with Crippen molar-refractivity contribution in [2.75, 3.05) is 4.90 Å². The van der Waals surface area contributed by atoms with E-state index in [2.05, 4.69) is 108 Å². The molecule has 0 aliphatic heterocycles. The Morgan fingerprint density at radius 1 is 0.459 bits per heavy atom. The molecule has 0 saturated heterocycles. The molecule has 2 nitrogen and oxygen atoms in total. The van der Waals surface area contributed by atoms with Crippen LogP contribution in [0.2, 0.25) is 0 Å². The Kier molecular flexibility index (Phi) is 7.49. The van der Waals surface area contributed by atoms with Crippen LogP contribution in [0.3, 0.4) is 0 Å². The molecule has 0 fully saturated rings. The van der Waals surface area contributed by atoms with Crippen molar-refractivity contribution in [3.8, 4) is 0 Å². The van der Waals surface area contributed by atoms with Gasteiger partial charge >= 0.3 is 0 Å². The summed E-state index contributed by atoms with van der Waals surface area (Å²) < 4.78 is 0. The van der Waals surface area contributed by atoms with Gasteiger partial charge in [-0.05, 0) is 58.7 Å². The van der Waals surface area contributed by atoms with Crippen LogP contribution in [-0.4, -0.2) is 6.29 Å². The number of nitrogens with zero attached hydrogens (tertiary/aromatic N) is 1. The molecule has 0 amide bonds. The molecule has 5 rings (SSSR count). The Hall–Kier alpha value is -4.95. The lowest BCUT2D eigenvalue weighted by Gasteiger charge is -2.23. The van der Waals surface area contributed by atoms with E-state index >= 15 is 0 Å². The van der Waals surface area contributed by atoms with E-state index in [1.807, 2.05) is 54.6 Å². The van der Waals surface area contributed by atoms with Gasteiger partial charge in [0.05, 0.1) is 0 Å². The third-order valence-corrected chi connectivity index (χ3v) is 6.17. The third-order valence-electron chi connectivity index (χ3n) is 6.17. The van der Waals surface area contributed by atoms with Crippen molar-refractivity contribution in [2.45, 2.75) is 0 Å². The summed E-state index contributed by atoms with van der Waals surface area (Å²) in [5, 5.41) is 0. The molecule has 0 atom stereocenters. The monoisotopic (exact) mass is 477 g/mol. The van der Waals surface area contributed by atoms with Gasteiger partial charge in [0.2, 0.25) is 0 Å². The van der Waals surface area contributed by atoms with Crippen LogP contribution in [0, 0.1) is 0 Å². The summed E-state index contributed by atoms with van der Waals surface area (Å²) in [4.78, 5) is 13.5. The molecule has 0 radical (unpaired) electrons. The summed E-state index contributed by atoms with van der Waals surface area (Å²) in [6.45, 7) is 0. The number of carbonyl (C=O) groups is 1. The summed E-state index contributed by atoms with van der Waals surface area (Å²) in [5.74, 6) is 0. The zero-order chi connectivity index (χ0) is 25.3. The van der Waals surface area contributed by atoms with Crippen LogP contribution in [0.1, 0.15) is 32.6 Å². The van der Waals surface area contributed by atoms with Crippen LogP contribution in [0.25, 0.3) is 17.7 Å². The SMILES string of the molecule is O=Cc1ccc(N(C=C(c2ccccc2)c2ccccc2)c2ccc(/C=C/c3ccccc3)cc2)cc1. The minimum atomic E-state index is 0.653. The van der Waals surface area contributed by atoms with E-state index in [0.717, 1.165) is 39.9 Å². The molecule has 0 bridgehead atoms. The summed E-state index contributed by atoms with van der Waals surface area (Å²) in [7, 11) is 0. The number of rotatable bonds is 8. The minimum absolute atomic E-state index is 0.653. The quantitative estimate of drug-likeness (QED) is 0.164. The van der Waals surface area contributed by atoms with E-state index in [1.54, 1.807) is 0 Å². The molecule has 0 heterocycles. The number of hydrogen-bond acceptors (Lipinski definition) is 2. The standard InChI is InChI=1S/C35H27NO/c37-27-30-20-24-34(25-21-30)36(26-35(31-12-6-2-7-13-31)32-14-8-3-9-15-32)33-22-18-29(19-23-33)17-16-28-10-4-1-5-11-28/h1-27H/b17-16+. The van der Waals surface area contributed by atoms with Crippen LogP contribution in [0.5, 0.6) is 0 Å². The highest BCUT2D eigenvalue weighted by Crippen LogP contribution is 2.32. The van der Waals surface area contributed by atoms with Crippen LogP contribution >= 0.6 is 0 Å². The number of hydrogen-bond donors (Lipinski definition) is 0. The maximum Gasteiger partial charge on any atom is 0.150 e. The maximum atomic E-state index is 11.3. The number of carbonyl (C=O) groups excluding carboxylic acids is 1. The van der Waals surface area contributed by atoms with E-state index in [-0.39, 0.29) is 0 Å². The average Bonchev–Trinajstić information content (AvgIpc) is 2.99. The van der Waals surface area contributed by atoms with Gasteiger partial charge in [-0.25, -0.2) is 0 Å². The first kappa shape index (κ1) is 23.8. The van der Waals surface area contributed by atoms with Gasteiger partial charge in [-0.1, -0.05) is 115 Å². The molecule has 0 aromatic heterocycles. The highest BCUT2D eigenvalue weighted by atomic mass is 16.1. The van der Waals surface area contributed by atoms with Gasteiger partial charge in [0.15, 0.2) is 0 Å². The number of aldehydes is 1. The predicted molar refractivity (Wildman–Crippen MR) is 156 cm³/mol. The maximum absolute atomic E-state index is 11.3. The molecule has 5 aromatic rings. The smallest absolute Gasteiger partial charge is 0.150 e. The Morgan fingerprint density at radius 2 is 0.865 bits per heavy atom. The van der Waals surface area contributed by atoms with E-state index in [4.69, 9.17) is 0 Å². The normalized spacial score (nSPS) is 10.7. The molecule has 0 aliphatic carbocycles. The van der Waals surface area contributed by atoms with Crippen LogP contribution in [-0.2, 0) is 0 Å². The van der Waals surface area contributed by atoms with Crippen LogP contribution in [0.15, 0.2) is 146 Å². The van der Waals surface area contributed by atoms with Gasteiger partial charge in [-0.15, -0.1) is 0 Å². The topological polar surface area (TPSA) is 20.3 Å². The molecule has 5 aromatic carbocycles. The highest BCUT2D eigenvalue weighted by molar-refractivity contribution is 5.85. The molecule has 0 aliphatic rings. The van der Waals surface area contributed by atoms with E-state index in [1.165, 1.54) is 5.56 Å². The van der Waals surface area contributed by atoms with E-state index in [9.17, 15) is 4.79 Å². The van der Waals surface area contributed by atoms with Crippen molar-refractivity contribution in [3.63, 3.8) is 0 Å². The molecular formula is C35H27NO. The second-order valence-electron chi connectivity index (χ2n) is 8.69. The second-order valence-corrected chi connectivity index (χ2v) is 8.69. The molecule has 37 heavy (non-hydrogen) atoms. The van der Waals surface area contributed by atoms with Gasteiger partial charge in [0.25, 0.3) is 0 Å². The molecule has 0 N–H and O–H groups in total. The first-order valence-electron chi connectivity index (χ1n) is 12.3. The van der Waals surface area contributed by atoms with Gasteiger partial charge in [-0.3, -0.25) is 4.79 Å². The largest absolute Gasteiger partial charge is 0.317 e. The Morgan fingerprint density at radius 3 is 1.32 bits per heavy atom. The summed E-state index contributed by atoms with van der Waals surface area (Å²) >= 11 is 0. The predicted octanol–water partition coefficient (Wildman–Crippen LogP) is 8.90. The summed E-state index contributed by atoms with van der Waals surface area (Å²) in [5.41, 5.74) is 8.31. The fraction of sp³-hybridized carbons (Fsp3) is 0. The Bertz CT molecular complexity index is 1440. The fourth-order valence-electron chi connectivity index (χ4n) is 4.19. The van der Waals surface area contributed by atoms with Gasteiger partial charge in [0.1, 0.15) is 6.29 Å². The van der Waals surface area contributed by atoms with Crippen LogP contribution in [0.4, 0.5) is 11.4 Å². The first-order valence-corrected chi connectivity index (χ1v) is 12.3. The van der Waals surface area contributed by atoms with Crippen LogP contribution < -0.4 is 4.90 Å². The first-order chi connectivity index (χ1) is 18.3. The second kappa shape index (κ2) is 11.7. The number of anilines is 2. The number of benzene rings is 5. The third kappa shape index (κ3) is 6.01. The van der Waals surface area contributed by atoms with Crippen molar-refractivity contribution in [2.24, 2.45) is 0 Å². The van der Waals surface area contributed by atoms with Crippen molar-refractivity contribution in [1.29, 1.82) is 0 Å². The van der Waals surface area contributed by atoms with E-state index < -0.39 is 0 Å². The molecule has 0 spiro atoms. The Labute approximate surface area is 218 Å². The van der Waals surface area contributed by atoms with Gasteiger partial charge in [-0.2, -0.15) is 0 Å². The lowest BCUT2D eigenvalue weighted by molar-refractivity contribution is 0.112. The fourth-order valence-corrected chi connectivity index (χ4v) is 4.19. The van der Waals surface area contributed by atoms with Crippen molar-refractivity contribution < 1.29 is 4.79 Å². The van der Waals surface area contributed by atoms with Gasteiger partial charge < -0.3 is 4.90 Å². The average molecular weight is 478 g/mol. The highest BCUT2D eigenvalue weighted by Gasteiger charge is 2.12. The zero-order valence-corrected chi connectivity index (χ0v) is 20.4. The van der Waals surface area contributed by atoms with E-state index in [0.29, 0.717) is 5.56 Å². The zero-order valence-electron chi connectivity index (χ0n) is 20.4. The minimum Gasteiger partial charge on any atom is -0.317 e. The van der Waals surface area contributed by atoms with Crippen molar-refractivity contribution in [1.82, 2.24) is 0 Å². The molecular weight excluding hydrogens is 450 g/mol.